The lowest BCUT2D eigenvalue weighted by Crippen LogP contribution is -2.66. The summed E-state index contributed by atoms with van der Waals surface area (Å²) in [5, 5.41) is 8.58. The standard InChI is InChI=1S/C13H24N2O4/c1-6-12(2,3)14(5)11(18)15-8-13(4,9-15)19-7-10(16)17/h6-9H2,1-5H3,(H,16,17). The van der Waals surface area contributed by atoms with Gasteiger partial charge in [-0.15, -0.1) is 0 Å². The Morgan fingerprint density at radius 3 is 2.37 bits per heavy atom. The summed E-state index contributed by atoms with van der Waals surface area (Å²) in [4.78, 5) is 26.1. The number of rotatable bonds is 5. The van der Waals surface area contributed by atoms with Crippen LogP contribution in [0.5, 0.6) is 0 Å². The zero-order valence-electron chi connectivity index (χ0n) is 12.4. The quantitative estimate of drug-likeness (QED) is 0.821. The van der Waals surface area contributed by atoms with Crippen LogP contribution < -0.4 is 0 Å². The minimum atomic E-state index is -0.991. The van der Waals surface area contributed by atoms with Crippen molar-refractivity contribution in [2.45, 2.75) is 45.3 Å². The van der Waals surface area contributed by atoms with E-state index in [2.05, 4.69) is 0 Å². The minimum Gasteiger partial charge on any atom is -0.480 e. The Bertz CT molecular complexity index is 362. The van der Waals surface area contributed by atoms with Crippen LogP contribution in [-0.2, 0) is 9.53 Å². The molecule has 1 aliphatic rings. The number of carbonyl (C=O) groups is 2. The van der Waals surface area contributed by atoms with Crippen LogP contribution >= 0.6 is 0 Å². The molecule has 19 heavy (non-hydrogen) atoms. The molecule has 6 heteroatoms. The van der Waals surface area contributed by atoms with Gasteiger partial charge in [-0.1, -0.05) is 6.92 Å². The lowest BCUT2D eigenvalue weighted by atomic mass is 9.95. The SMILES string of the molecule is CCC(C)(C)N(C)C(=O)N1CC(C)(OCC(=O)O)C1. The Labute approximate surface area is 114 Å². The molecule has 0 aromatic rings. The topological polar surface area (TPSA) is 70.1 Å². The average Bonchev–Trinajstić information content (AvgIpc) is 2.31. The zero-order valence-corrected chi connectivity index (χ0v) is 12.4. The molecule has 110 valence electrons. The third-order valence-corrected chi connectivity index (χ3v) is 3.93. The van der Waals surface area contributed by atoms with E-state index < -0.39 is 11.6 Å². The number of carboxylic acid groups (broad SMARTS) is 1. The molecule has 0 aliphatic carbocycles. The van der Waals surface area contributed by atoms with E-state index in [1.54, 1.807) is 16.8 Å². The number of likely N-dealkylation sites (tertiary alicyclic amines) is 1. The molecule has 0 spiro atoms. The number of carboxylic acids is 1. The Morgan fingerprint density at radius 1 is 1.42 bits per heavy atom. The molecule has 0 unspecified atom stereocenters. The maximum absolute atomic E-state index is 12.2. The Balaban J connectivity index is 2.50. The molecule has 0 radical (unpaired) electrons. The van der Waals surface area contributed by atoms with Crippen LogP contribution in [0.15, 0.2) is 0 Å². The molecule has 1 N–H and O–H groups in total. The molecule has 6 nitrogen and oxygen atoms in total. The van der Waals surface area contributed by atoms with E-state index in [9.17, 15) is 9.59 Å². The van der Waals surface area contributed by atoms with E-state index in [0.717, 1.165) is 6.42 Å². The number of urea groups is 1. The van der Waals surface area contributed by atoms with Crippen LogP contribution in [0.1, 0.15) is 34.1 Å². The van der Waals surface area contributed by atoms with Crippen molar-refractivity contribution < 1.29 is 19.4 Å². The van der Waals surface area contributed by atoms with Crippen LogP contribution in [-0.4, -0.2) is 64.8 Å². The van der Waals surface area contributed by atoms with Crippen molar-refractivity contribution in [2.75, 3.05) is 26.7 Å². The normalized spacial score (nSPS) is 17.8. The summed E-state index contributed by atoms with van der Waals surface area (Å²) in [5.41, 5.74) is -0.726. The van der Waals surface area contributed by atoms with Crippen LogP contribution in [0.2, 0.25) is 0 Å². The number of hydrogen-bond acceptors (Lipinski definition) is 3. The van der Waals surface area contributed by atoms with Gasteiger partial charge in [-0.3, -0.25) is 0 Å². The number of carbonyl (C=O) groups excluding carboxylic acids is 1. The van der Waals surface area contributed by atoms with E-state index in [-0.39, 0.29) is 18.2 Å². The van der Waals surface area contributed by atoms with Crippen molar-refractivity contribution in [1.82, 2.24) is 9.80 Å². The first-order chi connectivity index (χ1) is 8.61. The molecule has 1 heterocycles. The van der Waals surface area contributed by atoms with Crippen molar-refractivity contribution in [3.63, 3.8) is 0 Å². The Kier molecular flexibility index (Phi) is 4.45. The molecule has 0 saturated carbocycles. The highest BCUT2D eigenvalue weighted by Crippen LogP contribution is 2.27. The van der Waals surface area contributed by atoms with E-state index in [1.165, 1.54) is 0 Å². The summed E-state index contributed by atoms with van der Waals surface area (Å²) in [6.07, 6.45) is 0.871. The van der Waals surface area contributed by atoms with Gasteiger partial charge >= 0.3 is 12.0 Å². The van der Waals surface area contributed by atoms with Gasteiger partial charge in [0.1, 0.15) is 12.2 Å². The smallest absolute Gasteiger partial charge is 0.329 e. The van der Waals surface area contributed by atoms with Gasteiger partial charge < -0.3 is 19.6 Å². The molecule has 0 atom stereocenters. The number of hydrogen-bond donors (Lipinski definition) is 1. The van der Waals surface area contributed by atoms with Crippen molar-refractivity contribution in [2.24, 2.45) is 0 Å². The Hall–Kier alpha value is -1.30. The average molecular weight is 272 g/mol. The molecule has 0 aromatic carbocycles. The van der Waals surface area contributed by atoms with Gasteiger partial charge in [-0.25, -0.2) is 9.59 Å². The summed E-state index contributed by atoms with van der Waals surface area (Å²) >= 11 is 0. The molecule has 0 bridgehead atoms. The fourth-order valence-corrected chi connectivity index (χ4v) is 1.93. The maximum atomic E-state index is 12.2. The van der Waals surface area contributed by atoms with Crippen molar-refractivity contribution >= 4 is 12.0 Å². The highest BCUT2D eigenvalue weighted by molar-refractivity contribution is 5.76. The van der Waals surface area contributed by atoms with Gasteiger partial charge in [0.05, 0.1) is 13.1 Å². The van der Waals surface area contributed by atoms with Crippen LogP contribution in [0.3, 0.4) is 0 Å². The van der Waals surface area contributed by atoms with Crippen molar-refractivity contribution in [3.05, 3.63) is 0 Å². The van der Waals surface area contributed by atoms with Gasteiger partial charge in [-0.2, -0.15) is 0 Å². The van der Waals surface area contributed by atoms with E-state index in [4.69, 9.17) is 9.84 Å². The third-order valence-electron chi connectivity index (χ3n) is 3.93. The highest BCUT2D eigenvalue weighted by atomic mass is 16.5. The second kappa shape index (κ2) is 5.36. The number of aliphatic carboxylic acids is 1. The molecule has 2 amide bonds. The van der Waals surface area contributed by atoms with Gasteiger partial charge in [0.15, 0.2) is 0 Å². The predicted octanol–water partition coefficient (Wildman–Crippen LogP) is 1.40. The summed E-state index contributed by atoms with van der Waals surface area (Å²) in [6.45, 7) is 8.45. The van der Waals surface area contributed by atoms with Crippen LogP contribution in [0.25, 0.3) is 0 Å². The number of nitrogens with zero attached hydrogens (tertiary/aromatic N) is 2. The molecule has 1 rings (SSSR count). The zero-order chi connectivity index (χ0) is 14.8. The fraction of sp³-hybridized carbons (Fsp3) is 0.846. The lowest BCUT2D eigenvalue weighted by molar-refractivity contribution is -0.160. The van der Waals surface area contributed by atoms with Crippen LogP contribution in [0.4, 0.5) is 4.79 Å². The monoisotopic (exact) mass is 272 g/mol. The second-order valence-electron chi connectivity index (χ2n) is 6.00. The highest BCUT2D eigenvalue weighted by Gasteiger charge is 2.45. The van der Waals surface area contributed by atoms with Gasteiger partial charge in [0, 0.05) is 12.6 Å². The summed E-state index contributed by atoms with van der Waals surface area (Å²) in [7, 11) is 1.79. The Morgan fingerprint density at radius 2 is 1.95 bits per heavy atom. The van der Waals surface area contributed by atoms with Gasteiger partial charge in [0.2, 0.25) is 0 Å². The summed E-state index contributed by atoms with van der Waals surface area (Å²) in [6, 6.07) is -0.0387. The maximum Gasteiger partial charge on any atom is 0.329 e. The lowest BCUT2D eigenvalue weighted by Gasteiger charge is -2.50. The first kappa shape index (κ1) is 15.8. The van der Waals surface area contributed by atoms with Gasteiger partial charge in [0.25, 0.3) is 0 Å². The first-order valence-electron chi connectivity index (χ1n) is 6.50. The van der Waals surface area contributed by atoms with E-state index in [1.807, 2.05) is 27.7 Å². The predicted molar refractivity (Wildman–Crippen MR) is 71.1 cm³/mol. The first-order valence-corrected chi connectivity index (χ1v) is 6.50. The fourth-order valence-electron chi connectivity index (χ4n) is 1.93. The molecule has 0 aromatic heterocycles. The third kappa shape index (κ3) is 3.59. The van der Waals surface area contributed by atoms with E-state index in [0.29, 0.717) is 13.1 Å². The molecular weight excluding hydrogens is 248 g/mol. The minimum absolute atomic E-state index is 0.0387. The van der Waals surface area contributed by atoms with Gasteiger partial charge in [-0.05, 0) is 27.2 Å². The molecule has 1 fully saturated rings. The largest absolute Gasteiger partial charge is 0.480 e. The van der Waals surface area contributed by atoms with Crippen molar-refractivity contribution in [3.8, 4) is 0 Å². The van der Waals surface area contributed by atoms with Crippen LogP contribution in [0, 0.1) is 0 Å². The number of amides is 2. The summed E-state index contributed by atoms with van der Waals surface area (Å²) in [5.74, 6) is -0.991. The second-order valence-corrected chi connectivity index (χ2v) is 6.00. The van der Waals surface area contributed by atoms with E-state index >= 15 is 0 Å². The molecular formula is C13H24N2O4. The number of ether oxygens (including phenoxy) is 1. The summed E-state index contributed by atoms with van der Waals surface area (Å²) < 4.78 is 5.29. The molecule has 1 saturated heterocycles. The van der Waals surface area contributed by atoms with Crippen molar-refractivity contribution in [1.29, 1.82) is 0 Å². The molecule has 1 aliphatic heterocycles.